The van der Waals surface area contributed by atoms with Gasteiger partial charge in [-0.25, -0.2) is 0 Å². The summed E-state index contributed by atoms with van der Waals surface area (Å²) in [7, 11) is 3.21. The number of aliphatic hydroxyl groups is 5. The molecule has 0 aliphatic heterocycles. The van der Waals surface area contributed by atoms with Crippen LogP contribution in [0.25, 0.3) is 0 Å². The molecule has 0 aromatic heterocycles. The van der Waals surface area contributed by atoms with Gasteiger partial charge in [-0.05, 0) is 14.1 Å². The van der Waals surface area contributed by atoms with Gasteiger partial charge in [0.2, 0.25) is 0 Å². The number of likely N-dealkylation sites (N-methyl/N-ethyl adjacent to an activating group) is 2. The van der Waals surface area contributed by atoms with E-state index in [1.165, 1.54) is 0 Å². The third-order valence-corrected chi connectivity index (χ3v) is 2.50. The zero-order valence-electron chi connectivity index (χ0n) is 11.2. The standard InChI is InChI=1S/C10H26N4O5/c1-11-4-8(16)14-6(3-9(17)18)10(19)13-5-7(15)12-2/h6-19H,3-5H2,1-2H3/t6-,7?,8+,10?/m0/s1. The lowest BCUT2D eigenvalue weighted by Crippen LogP contribution is -2.56. The van der Waals surface area contributed by atoms with Gasteiger partial charge in [0.25, 0.3) is 0 Å². The molecule has 0 spiro atoms. The van der Waals surface area contributed by atoms with Gasteiger partial charge in [0.15, 0.2) is 6.29 Å². The molecular formula is C10H26N4O5. The summed E-state index contributed by atoms with van der Waals surface area (Å²) in [5.41, 5.74) is 0. The fraction of sp³-hybridized carbons (Fsp3) is 1.00. The van der Waals surface area contributed by atoms with E-state index in [1.54, 1.807) is 14.1 Å². The molecule has 4 atom stereocenters. The van der Waals surface area contributed by atoms with E-state index in [4.69, 9.17) is 10.2 Å². The lowest BCUT2D eigenvalue weighted by molar-refractivity contribution is -0.0711. The molecule has 2 unspecified atom stereocenters. The van der Waals surface area contributed by atoms with Crippen LogP contribution in [0.1, 0.15) is 6.42 Å². The van der Waals surface area contributed by atoms with Crippen molar-refractivity contribution in [1.82, 2.24) is 21.3 Å². The fourth-order valence-corrected chi connectivity index (χ4v) is 1.49. The van der Waals surface area contributed by atoms with E-state index in [9.17, 15) is 15.3 Å². The van der Waals surface area contributed by atoms with Crippen molar-refractivity contribution in [3.63, 3.8) is 0 Å². The van der Waals surface area contributed by atoms with Crippen LogP contribution in [0.2, 0.25) is 0 Å². The van der Waals surface area contributed by atoms with Crippen LogP contribution in [0.5, 0.6) is 0 Å². The minimum atomic E-state index is -1.62. The molecule has 0 amide bonds. The molecule has 0 saturated heterocycles. The first-order valence-corrected chi connectivity index (χ1v) is 6.12. The zero-order chi connectivity index (χ0) is 14.8. The predicted molar refractivity (Wildman–Crippen MR) is 68.8 cm³/mol. The minimum Gasteiger partial charge on any atom is -0.377 e. The second kappa shape index (κ2) is 10.4. The summed E-state index contributed by atoms with van der Waals surface area (Å²) in [6.07, 6.45) is -4.73. The van der Waals surface area contributed by atoms with Gasteiger partial charge in [0.1, 0.15) is 18.7 Å². The van der Waals surface area contributed by atoms with E-state index >= 15 is 0 Å². The Kier molecular flexibility index (Phi) is 10.2. The SMILES string of the molecule is CNC[C@@H](O)N[C@@H](CC(O)O)C(O)NCC(O)NC. The average molecular weight is 282 g/mol. The van der Waals surface area contributed by atoms with Crippen molar-refractivity contribution < 1.29 is 25.5 Å². The Morgan fingerprint density at radius 1 is 0.895 bits per heavy atom. The van der Waals surface area contributed by atoms with E-state index in [0.29, 0.717) is 0 Å². The largest absolute Gasteiger partial charge is 0.377 e. The lowest BCUT2D eigenvalue weighted by Gasteiger charge is -2.28. The van der Waals surface area contributed by atoms with Crippen molar-refractivity contribution in [2.45, 2.75) is 37.4 Å². The van der Waals surface area contributed by atoms with Crippen LogP contribution in [0, 0.1) is 0 Å². The molecule has 0 rings (SSSR count). The van der Waals surface area contributed by atoms with Gasteiger partial charge in [0.05, 0.1) is 6.04 Å². The summed E-state index contributed by atoms with van der Waals surface area (Å²) in [5, 5.41) is 57.2. The van der Waals surface area contributed by atoms with Gasteiger partial charge < -0.3 is 30.8 Å². The van der Waals surface area contributed by atoms with Crippen LogP contribution < -0.4 is 21.3 Å². The minimum absolute atomic E-state index is 0.0689. The van der Waals surface area contributed by atoms with Gasteiger partial charge in [0, 0.05) is 19.5 Å². The Bertz CT molecular complexity index is 222. The highest BCUT2D eigenvalue weighted by Crippen LogP contribution is 2.01. The van der Waals surface area contributed by atoms with Crippen LogP contribution in [0.3, 0.4) is 0 Å². The fourth-order valence-electron chi connectivity index (χ4n) is 1.49. The van der Waals surface area contributed by atoms with Crippen molar-refractivity contribution in [1.29, 1.82) is 0 Å². The molecule has 0 aliphatic rings. The summed E-state index contributed by atoms with van der Waals surface area (Å²) >= 11 is 0. The van der Waals surface area contributed by atoms with Crippen LogP contribution >= 0.6 is 0 Å². The summed E-state index contributed by atoms with van der Waals surface area (Å²) in [4.78, 5) is 0. The summed E-state index contributed by atoms with van der Waals surface area (Å²) < 4.78 is 0. The smallest absolute Gasteiger partial charge is 0.153 e. The van der Waals surface area contributed by atoms with Crippen molar-refractivity contribution in [3.8, 4) is 0 Å². The summed E-state index contributed by atoms with van der Waals surface area (Å²) in [6.45, 7) is 0.309. The van der Waals surface area contributed by atoms with E-state index < -0.39 is 31.0 Å². The zero-order valence-corrected chi connectivity index (χ0v) is 11.2. The Morgan fingerprint density at radius 3 is 2.00 bits per heavy atom. The highest BCUT2D eigenvalue weighted by Gasteiger charge is 2.23. The molecule has 9 N–H and O–H groups in total. The number of rotatable bonds is 11. The third kappa shape index (κ3) is 9.21. The highest BCUT2D eigenvalue weighted by atomic mass is 16.5. The molecule has 9 heteroatoms. The van der Waals surface area contributed by atoms with Gasteiger partial charge >= 0.3 is 0 Å². The van der Waals surface area contributed by atoms with Gasteiger partial charge in [-0.2, -0.15) is 0 Å². The second-order valence-electron chi connectivity index (χ2n) is 4.22. The van der Waals surface area contributed by atoms with Crippen molar-refractivity contribution >= 4 is 0 Å². The maximum absolute atomic E-state index is 9.85. The molecule has 0 aromatic carbocycles. The second-order valence-corrected chi connectivity index (χ2v) is 4.22. The predicted octanol–water partition coefficient (Wildman–Crippen LogP) is -4.37. The molecule has 9 nitrogen and oxygen atoms in total. The monoisotopic (exact) mass is 282 g/mol. The molecule has 0 radical (unpaired) electrons. The molecule has 0 bridgehead atoms. The normalized spacial score (nSPS) is 18.3. The van der Waals surface area contributed by atoms with Gasteiger partial charge in [-0.1, -0.05) is 0 Å². The quantitative estimate of drug-likeness (QED) is 0.171. The Morgan fingerprint density at radius 2 is 1.53 bits per heavy atom. The van der Waals surface area contributed by atoms with Crippen LogP contribution in [0.4, 0.5) is 0 Å². The first kappa shape index (κ1) is 18.6. The Labute approximate surface area is 112 Å². The maximum atomic E-state index is 9.85. The molecule has 0 heterocycles. The molecule has 0 aromatic rings. The van der Waals surface area contributed by atoms with Crippen LogP contribution in [0.15, 0.2) is 0 Å². The number of hydrogen-bond acceptors (Lipinski definition) is 9. The molecule has 0 aliphatic carbocycles. The Balaban J connectivity index is 4.29. The van der Waals surface area contributed by atoms with E-state index in [2.05, 4.69) is 21.3 Å². The molecular weight excluding hydrogens is 256 g/mol. The lowest BCUT2D eigenvalue weighted by atomic mass is 10.1. The molecule has 19 heavy (non-hydrogen) atoms. The topological polar surface area (TPSA) is 149 Å². The van der Waals surface area contributed by atoms with Gasteiger partial charge in [-0.3, -0.25) is 16.0 Å². The van der Waals surface area contributed by atoms with E-state index in [1.807, 2.05) is 0 Å². The molecule has 0 fully saturated rings. The third-order valence-electron chi connectivity index (χ3n) is 2.50. The molecule has 116 valence electrons. The van der Waals surface area contributed by atoms with Crippen molar-refractivity contribution in [2.24, 2.45) is 0 Å². The number of aliphatic hydroxyl groups excluding tert-OH is 4. The van der Waals surface area contributed by atoms with Crippen molar-refractivity contribution in [2.75, 3.05) is 27.2 Å². The van der Waals surface area contributed by atoms with Crippen LogP contribution in [-0.4, -0.2) is 83.7 Å². The first-order valence-electron chi connectivity index (χ1n) is 6.12. The van der Waals surface area contributed by atoms with E-state index in [-0.39, 0.29) is 19.5 Å². The van der Waals surface area contributed by atoms with Gasteiger partial charge in [-0.15, -0.1) is 0 Å². The number of hydrogen-bond donors (Lipinski definition) is 9. The number of nitrogens with one attached hydrogen (secondary N) is 4. The van der Waals surface area contributed by atoms with Crippen molar-refractivity contribution in [3.05, 3.63) is 0 Å². The first-order chi connectivity index (χ1) is 8.90. The Hall–Kier alpha value is -0.360. The van der Waals surface area contributed by atoms with E-state index in [0.717, 1.165) is 0 Å². The maximum Gasteiger partial charge on any atom is 0.153 e. The highest BCUT2D eigenvalue weighted by molar-refractivity contribution is 4.77. The average Bonchev–Trinajstić information content (AvgIpc) is 2.34. The molecule has 0 saturated carbocycles. The summed E-state index contributed by atoms with van der Waals surface area (Å²) in [6, 6.07) is -0.785. The summed E-state index contributed by atoms with van der Waals surface area (Å²) in [5.74, 6) is 0. The van der Waals surface area contributed by atoms with Crippen LogP contribution in [-0.2, 0) is 0 Å².